The molecule has 4 aromatic rings. The molecule has 0 aromatic heterocycles. The molecule has 240 valence electrons. The van der Waals surface area contributed by atoms with Crippen molar-refractivity contribution >= 4 is 0 Å². The SMILES string of the molecule is Fc1[c-]c(F)c(F)c(F)c1F.Fc1[c-]c(F)c(F)c(F)c1F.Fc1[c-]c(F)c(F)c(F)c1F.Fc1[c-]c(F)c(F)c(F)c1F.[Ti+4]. The Hall–Kier alpha value is -3.81. The predicted octanol–water partition coefficient (Wildman–Crippen LogP) is 8.73. The number of halogens is 20. The van der Waals surface area contributed by atoms with Crippen molar-refractivity contribution in [3.63, 3.8) is 0 Å². The molecule has 0 bridgehead atoms. The van der Waals surface area contributed by atoms with Crippen molar-refractivity contribution in [2.24, 2.45) is 0 Å². The summed E-state index contributed by atoms with van der Waals surface area (Å²) in [5.41, 5.74) is 0. The summed E-state index contributed by atoms with van der Waals surface area (Å²) in [4.78, 5) is 0. The van der Waals surface area contributed by atoms with E-state index in [-0.39, 0.29) is 21.7 Å². The molecule has 4 aromatic carbocycles. The Morgan fingerprint density at radius 1 is 0.178 bits per heavy atom. The van der Waals surface area contributed by atoms with E-state index in [0.29, 0.717) is 0 Å². The molecule has 4 rings (SSSR count). The van der Waals surface area contributed by atoms with E-state index in [9.17, 15) is 87.8 Å². The van der Waals surface area contributed by atoms with Crippen LogP contribution in [0.1, 0.15) is 0 Å². The fourth-order valence-electron chi connectivity index (χ4n) is 1.98. The molecule has 0 unspecified atom stereocenters. The van der Waals surface area contributed by atoms with E-state index in [0.717, 1.165) is 24.3 Å². The maximum Gasteiger partial charge on any atom is 4.00 e. The summed E-state index contributed by atoms with van der Waals surface area (Å²) in [5, 5.41) is 0. The van der Waals surface area contributed by atoms with Gasteiger partial charge in [0.25, 0.3) is 0 Å². The van der Waals surface area contributed by atoms with Crippen molar-refractivity contribution in [2.75, 3.05) is 0 Å². The molecule has 21 heteroatoms. The Balaban J connectivity index is 0.000000569. The fourth-order valence-corrected chi connectivity index (χ4v) is 1.98. The summed E-state index contributed by atoms with van der Waals surface area (Å²) in [7, 11) is 0. The molecule has 0 aliphatic heterocycles. The molecule has 0 amide bonds. The zero-order chi connectivity index (χ0) is 34.4. The Kier molecular flexibility index (Phi) is 15.6. The van der Waals surface area contributed by atoms with Crippen LogP contribution in [0.5, 0.6) is 0 Å². The molecule has 45 heavy (non-hydrogen) atoms. The smallest absolute Gasteiger partial charge is 0.278 e. The first kappa shape index (κ1) is 41.2. The van der Waals surface area contributed by atoms with Gasteiger partial charge >= 0.3 is 21.7 Å². The zero-order valence-electron chi connectivity index (χ0n) is 20.1. The topological polar surface area (TPSA) is 0 Å². The number of benzene rings is 4. The molecule has 0 radical (unpaired) electrons. The van der Waals surface area contributed by atoms with Gasteiger partial charge in [-0.2, -0.15) is 0 Å². The van der Waals surface area contributed by atoms with Crippen molar-refractivity contribution in [3.8, 4) is 0 Å². The number of hydrogen-bond acceptors (Lipinski definition) is 0. The summed E-state index contributed by atoms with van der Waals surface area (Å²) in [5.74, 6) is -40.2. The van der Waals surface area contributed by atoms with E-state index in [2.05, 4.69) is 0 Å². The van der Waals surface area contributed by atoms with E-state index < -0.39 is 116 Å². The van der Waals surface area contributed by atoms with Crippen LogP contribution in [0.2, 0.25) is 0 Å². The first-order valence-electron chi connectivity index (χ1n) is 9.78. The largest absolute Gasteiger partial charge is 4.00 e. The van der Waals surface area contributed by atoms with Gasteiger partial charge in [-0.15, -0.1) is 24.3 Å². The van der Waals surface area contributed by atoms with Crippen LogP contribution in [-0.4, -0.2) is 0 Å². The fraction of sp³-hybridized carbons (Fsp3) is 0. The second kappa shape index (κ2) is 17.0. The molecule has 0 saturated heterocycles. The molecular weight excluding hydrogens is 716 g/mol. The summed E-state index contributed by atoms with van der Waals surface area (Å²) < 4.78 is 239. The molecule has 0 saturated carbocycles. The third kappa shape index (κ3) is 10.1. The normalized spacial score (nSPS) is 10.0. The van der Waals surface area contributed by atoms with Gasteiger partial charge in [0.2, 0.25) is 0 Å². The minimum absolute atomic E-state index is 0. The second-order valence-corrected chi connectivity index (χ2v) is 6.78. The van der Waals surface area contributed by atoms with Gasteiger partial charge in [-0.1, -0.05) is 0 Å². The maximum atomic E-state index is 12.0. The molecule has 0 atom stereocenters. The molecule has 0 spiro atoms. The van der Waals surface area contributed by atoms with Gasteiger partial charge in [-0.3, -0.25) is 35.1 Å². The van der Waals surface area contributed by atoms with E-state index in [1.165, 1.54) is 0 Å². The van der Waals surface area contributed by atoms with Crippen molar-refractivity contribution in [2.45, 2.75) is 0 Å². The first-order valence-corrected chi connectivity index (χ1v) is 9.78. The van der Waals surface area contributed by atoms with Gasteiger partial charge in [0.15, 0.2) is 0 Å². The number of hydrogen-bond donors (Lipinski definition) is 0. The van der Waals surface area contributed by atoms with Crippen molar-refractivity contribution in [3.05, 3.63) is 141 Å². The van der Waals surface area contributed by atoms with E-state index >= 15 is 0 Å². The van der Waals surface area contributed by atoms with Gasteiger partial charge < -0.3 is 0 Å². The van der Waals surface area contributed by atoms with Crippen LogP contribution in [0, 0.1) is 141 Å². The Labute approximate surface area is 250 Å². The minimum Gasteiger partial charge on any atom is -0.278 e. The number of rotatable bonds is 0. The third-order valence-electron chi connectivity index (χ3n) is 3.96. The molecular formula is C24F20Ti. The molecule has 0 nitrogen and oxygen atoms in total. The van der Waals surface area contributed by atoms with E-state index in [1.54, 1.807) is 0 Å². The van der Waals surface area contributed by atoms with Crippen LogP contribution in [0.4, 0.5) is 87.8 Å². The van der Waals surface area contributed by atoms with Crippen LogP contribution in [0.25, 0.3) is 0 Å². The second-order valence-electron chi connectivity index (χ2n) is 6.78. The average molecular weight is 716 g/mol. The van der Waals surface area contributed by atoms with Crippen molar-refractivity contribution < 1.29 is 110 Å². The van der Waals surface area contributed by atoms with Crippen LogP contribution in [0.3, 0.4) is 0 Å². The predicted molar refractivity (Wildman–Crippen MR) is 100 cm³/mol. The van der Waals surface area contributed by atoms with E-state index in [1.807, 2.05) is 0 Å². The summed E-state index contributed by atoms with van der Waals surface area (Å²) >= 11 is 0. The Morgan fingerprint density at radius 3 is 0.356 bits per heavy atom. The van der Waals surface area contributed by atoms with Gasteiger partial charge in [0.1, 0.15) is 0 Å². The maximum absolute atomic E-state index is 12.0. The van der Waals surface area contributed by atoms with Gasteiger partial charge in [0, 0.05) is 0 Å². The van der Waals surface area contributed by atoms with E-state index in [4.69, 9.17) is 0 Å². The molecule has 0 fully saturated rings. The third-order valence-corrected chi connectivity index (χ3v) is 3.96. The summed E-state index contributed by atoms with van der Waals surface area (Å²) in [6.45, 7) is 0. The first-order chi connectivity index (χ1) is 20.1. The molecule has 0 aliphatic rings. The molecule has 0 heterocycles. The summed E-state index contributed by atoms with van der Waals surface area (Å²) in [6.07, 6.45) is 0. The Morgan fingerprint density at radius 2 is 0.267 bits per heavy atom. The average Bonchev–Trinajstić information content (AvgIpc) is 2.97. The van der Waals surface area contributed by atoms with Gasteiger partial charge in [0.05, 0.1) is 116 Å². The van der Waals surface area contributed by atoms with Crippen LogP contribution >= 0.6 is 0 Å². The van der Waals surface area contributed by atoms with Gasteiger partial charge in [-0.05, 0) is 0 Å². The van der Waals surface area contributed by atoms with Crippen molar-refractivity contribution in [1.29, 1.82) is 0 Å². The van der Waals surface area contributed by atoms with Crippen molar-refractivity contribution in [1.82, 2.24) is 0 Å². The monoisotopic (exact) mass is 716 g/mol. The zero-order valence-corrected chi connectivity index (χ0v) is 21.6. The minimum atomic E-state index is -2.17. The summed E-state index contributed by atoms with van der Waals surface area (Å²) in [6, 6.07) is 4.10. The van der Waals surface area contributed by atoms with Gasteiger partial charge in [-0.25, -0.2) is 52.7 Å². The molecule has 0 N–H and O–H groups in total. The van der Waals surface area contributed by atoms with Crippen LogP contribution in [0.15, 0.2) is 0 Å². The molecule has 0 aliphatic carbocycles. The van der Waals surface area contributed by atoms with Crippen LogP contribution < -0.4 is 0 Å². The quantitative estimate of drug-likeness (QED) is 0.0562. The van der Waals surface area contributed by atoms with Crippen LogP contribution in [-0.2, 0) is 21.7 Å². The Bertz CT molecular complexity index is 1320. The standard InChI is InChI=1S/4C6F5.Ti/c4*7-2-1-3(8)5(10)6(11)4(2)9;/q4*-1;+4.